The lowest BCUT2D eigenvalue weighted by molar-refractivity contribution is -0.127. The predicted octanol–water partition coefficient (Wildman–Crippen LogP) is 5.22. The molecule has 3 aromatic rings. The molecule has 0 saturated carbocycles. The SMILES string of the molecule is COc1cc(C[C@@H]2SC(=O)N(Cc3ccc(F)cc3)C2=O)ccc1OCc1ccccc1. The van der Waals surface area contributed by atoms with Gasteiger partial charge in [0.15, 0.2) is 11.5 Å². The van der Waals surface area contributed by atoms with Gasteiger partial charge in [-0.1, -0.05) is 60.3 Å². The van der Waals surface area contributed by atoms with Crippen molar-refractivity contribution in [1.29, 1.82) is 0 Å². The molecule has 1 fully saturated rings. The van der Waals surface area contributed by atoms with Gasteiger partial charge < -0.3 is 9.47 Å². The molecule has 3 aromatic carbocycles. The zero-order valence-corrected chi connectivity index (χ0v) is 18.3. The second-order valence-electron chi connectivity index (χ2n) is 7.39. The minimum atomic E-state index is -0.510. The van der Waals surface area contributed by atoms with E-state index in [1.165, 1.54) is 17.0 Å². The van der Waals surface area contributed by atoms with Gasteiger partial charge in [0.25, 0.3) is 5.24 Å². The number of hydrogen-bond acceptors (Lipinski definition) is 5. The largest absolute Gasteiger partial charge is 0.493 e. The molecule has 32 heavy (non-hydrogen) atoms. The fourth-order valence-corrected chi connectivity index (χ4v) is 4.48. The molecule has 0 unspecified atom stereocenters. The number of ether oxygens (including phenoxy) is 2. The lowest BCUT2D eigenvalue weighted by Crippen LogP contribution is -2.31. The fourth-order valence-electron chi connectivity index (χ4n) is 3.45. The second-order valence-corrected chi connectivity index (χ2v) is 8.54. The number of imide groups is 1. The van der Waals surface area contributed by atoms with Crippen molar-refractivity contribution in [3.63, 3.8) is 0 Å². The van der Waals surface area contributed by atoms with Gasteiger partial charge in [0.05, 0.1) is 18.9 Å². The average molecular weight is 452 g/mol. The normalized spacial score (nSPS) is 15.8. The van der Waals surface area contributed by atoms with Gasteiger partial charge in [-0.3, -0.25) is 14.5 Å². The van der Waals surface area contributed by atoms with Crippen LogP contribution in [-0.4, -0.2) is 28.4 Å². The van der Waals surface area contributed by atoms with E-state index < -0.39 is 5.25 Å². The lowest BCUT2D eigenvalue weighted by atomic mass is 10.1. The zero-order chi connectivity index (χ0) is 22.5. The van der Waals surface area contributed by atoms with Crippen LogP contribution >= 0.6 is 11.8 Å². The van der Waals surface area contributed by atoms with Crippen LogP contribution in [0.4, 0.5) is 9.18 Å². The van der Waals surface area contributed by atoms with Gasteiger partial charge in [-0.15, -0.1) is 0 Å². The molecule has 1 aliphatic heterocycles. The Bertz CT molecular complexity index is 1100. The Morgan fingerprint density at radius 1 is 0.906 bits per heavy atom. The number of hydrogen-bond donors (Lipinski definition) is 0. The van der Waals surface area contributed by atoms with Crippen LogP contribution in [0.5, 0.6) is 11.5 Å². The predicted molar refractivity (Wildman–Crippen MR) is 121 cm³/mol. The first-order valence-corrected chi connectivity index (χ1v) is 11.0. The van der Waals surface area contributed by atoms with Crippen LogP contribution in [-0.2, 0) is 24.4 Å². The van der Waals surface area contributed by atoms with E-state index in [4.69, 9.17) is 9.47 Å². The maximum Gasteiger partial charge on any atom is 0.289 e. The molecule has 0 aliphatic carbocycles. The maximum atomic E-state index is 13.1. The monoisotopic (exact) mass is 451 g/mol. The van der Waals surface area contributed by atoms with Gasteiger partial charge in [-0.05, 0) is 47.4 Å². The molecule has 1 atom stereocenters. The molecule has 1 saturated heterocycles. The summed E-state index contributed by atoms with van der Waals surface area (Å²) in [4.78, 5) is 26.4. The van der Waals surface area contributed by atoms with Crippen molar-refractivity contribution in [2.24, 2.45) is 0 Å². The molecule has 0 radical (unpaired) electrons. The summed E-state index contributed by atoms with van der Waals surface area (Å²) >= 11 is 1.02. The maximum absolute atomic E-state index is 13.1. The van der Waals surface area contributed by atoms with Gasteiger partial charge >= 0.3 is 0 Å². The Balaban J connectivity index is 1.41. The first kappa shape index (κ1) is 21.9. The minimum absolute atomic E-state index is 0.136. The van der Waals surface area contributed by atoms with E-state index in [1.807, 2.05) is 48.5 Å². The highest BCUT2D eigenvalue weighted by Crippen LogP contribution is 2.34. The van der Waals surface area contributed by atoms with Crippen molar-refractivity contribution in [2.75, 3.05) is 7.11 Å². The van der Waals surface area contributed by atoms with E-state index in [2.05, 4.69) is 0 Å². The van der Waals surface area contributed by atoms with Crippen LogP contribution in [0, 0.1) is 5.82 Å². The van der Waals surface area contributed by atoms with Gasteiger partial charge in [0.2, 0.25) is 5.91 Å². The number of benzene rings is 3. The summed E-state index contributed by atoms with van der Waals surface area (Å²) in [5, 5.41) is -0.803. The smallest absolute Gasteiger partial charge is 0.289 e. The molecule has 0 bridgehead atoms. The van der Waals surface area contributed by atoms with E-state index in [0.29, 0.717) is 30.1 Å². The third-order valence-electron chi connectivity index (χ3n) is 5.15. The highest BCUT2D eigenvalue weighted by molar-refractivity contribution is 8.15. The van der Waals surface area contributed by atoms with Gasteiger partial charge in [-0.2, -0.15) is 0 Å². The lowest BCUT2D eigenvalue weighted by Gasteiger charge is -2.15. The van der Waals surface area contributed by atoms with Crippen molar-refractivity contribution in [3.8, 4) is 11.5 Å². The van der Waals surface area contributed by atoms with Crippen molar-refractivity contribution < 1.29 is 23.5 Å². The number of carbonyl (C=O) groups excluding carboxylic acids is 2. The van der Waals surface area contributed by atoms with Crippen LogP contribution < -0.4 is 9.47 Å². The molecule has 7 heteroatoms. The Kier molecular flexibility index (Phi) is 6.75. The molecule has 4 rings (SSSR count). The van der Waals surface area contributed by atoms with Gasteiger partial charge in [0, 0.05) is 0 Å². The summed E-state index contributed by atoms with van der Waals surface area (Å²) in [6.07, 6.45) is 0.393. The first-order chi connectivity index (χ1) is 15.5. The Morgan fingerprint density at radius 2 is 1.62 bits per heavy atom. The molecular formula is C25H22FNO4S. The second kappa shape index (κ2) is 9.87. The Morgan fingerprint density at radius 3 is 2.34 bits per heavy atom. The average Bonchev–Trinajstić information content (AvgIpc) is 3.07. The molecule has 1 aliphatic rings. The third-order valence-corrected chi connectivity index (χ3v) is 6.22. The number of amides is 2. The van der Waals surface area contributed by atoms with Crippen LogP contribution in [0.15, 0.2) is 72.8 Å². The Hall–Kier alpha value is -3.32. The minimum Gasteiger partial charge on any atom is -0.493 e. The summed E-state index contributed by atoms with van der Waals surface area (Å²) in [6.45, 7) is 0.553. The third kappa shape index (κ3) is 5.11. The fraction of sp³-hybridized carbons (Fsp3) is 0.200. The van der Waals surface area contributed by atoms with Crippen molar-refractivity contribution in [1.82, 2.24) is 4.90 Å². The quantitative estimate of drug-likeness (QED) is 0.470. The molecule has 1 heterocycles. The molecule has 0 spiro atoms. The summed E-state index contributed by atoms with van der Waals surface area (Å²) in [7, 11) is 1.57. The van der Waals surface area contributed by atoms with E-state index in [0.717, 1.165) is 22.9 Å². The van der Waals surface area contributed by atoms with E-state index in [9.17, 15) is 14.0 Å². The summed E-state index contributed by atoms with van der Waals surface area (Å²) < 4.78 is 24.5. The molecule has 0 aromatic heterocycles. The number of rotatable bonds is 8. The van der Waals surface area contributed by atoms with Crippen molar-refractivity contribution in [3.05, 3.63) is 95.3 Å². The topological polar surface area (TPSA) is 55.8 Å². The van der Waals surface area contributed by atoms with Crippen LogP contribution in [0.2, 0.25) is 0 Å². The van der Waals surface area contributed by atoms with E-state index >= 15 is 0 Å². The highest BCUT2D eigenvalue weighted by atomic mass is 32.2. The van der Waals surface area contributed by atoms with Gasteiger partial charge in [0.1, 0.15) is 12.4 Å². The molecular weight excluding hydrogens is 429 g/mol. The summed E-state index contributed by atoms with van der Waals surface area (Å²) in [6, 6.07) is 21.1. The van der Waals surface area contributed by atoms with Crippen LogP contribution in [0.3, 0.4) is 0 Å². The number of nitrogens with zero attached hydrogens (tertiary/aromatic N) is 1. The number of carbonyl (C=O) groups is 2. The standard InChI is InChI=1S/C25H22FNO4S/c1-30-22-13-19(9-12-21(22)31-16-18-5-3-2-4-6-18)14-23-24(28)27(25(29)32-23)15-17-7-10-20(26)11-8-17/h2-13,23H,14-16H2,1H3/t23-/m0/s1. The van der Waals surface area contributed by atoms with Crippen LogP contribution in [0.1, 0.15) is 16.7 Å². The number of thioether (sulfide) groups is 1. The van der Waals surface area contributed by atoms with Crippen molar-refractivity contribution >= 4 is 22.9 Å². The zero-order valence-electron chi connectivity index (χ0n) is 17.5. The number of methoxy groups -OCH3 is 1. The Labute approximate surface area is 190 Å². The first-order valence-electron chi connectivity index (χ1n) is 10.1. The molecule has 5 nitrogen and oxygen atoms in total. The summed E-state index contributed by atoms with van der Waals surface area (Å²) in [5.74, 6) is 0.584. The number of halogens is 1. The van der Waals surface area contributed by atoms with E-state index in [-0.39, 0.29) is 23.5 Å². The van der Waals surface area contributed by atoms with Crippen LogP contribution in [0.25, 0.3) is 0 Å². The molecule has 0 N–H and O–H groups in total. The van der Waals surface area contributed by atoms with Crippen molar-refractivity contribution in [2.45, 2.75) is 24.8 Å². The summed E-state index contributed by atoms with van der Waals surface area (Å²) in [5.41, 5.74) is 2.62. The highest BCUT2D eigenvalue weighted by Gasteiger charge is 2.39. The molecule has 164 valence electrons. The molecule has 2 amide bonds. The van der Waals surface area contributed by atoms with E-state index in [1.54, 1.807) is 19.2 Å². The van der Waals surface area contributed by atoms with Gasteiger partial charge in [-0.25, -0.2) is 4.39 Å².